The first kappa shape index (κ1) is 12.5. The molecule has 0 spiro atoms. The number of aryl methyl sites for hydroxylation is 1. The van der Waals surface area contributed by atoms with E-state index in [0.29, 0.717) is 0 Å². The van der Waals surface area contributed by atoms with Gasteiger partial charge in [-0.25, -0.2) is 0 Å². The van der Waals surface area contributed by atoms with Gasteiger partial charge in [0, 0.05) is 4.90 Å². The highest BCUT2D eigenvalue weighted by Crippen LogP contribution is 2.30. The summed E-state index contributed by atoms with van der Waals surface area (Å²) in [4.78, 5) is 12.0. The zero-order valence-electron chi connectivity index (χ0n) is 9.87. The predicted molar refractivity (Wildman–Crippen MR) is 71.3 cm³/mol. The largest absolute Gasteiger partial charge is 0.369 e. The second kappa shape index (κ2) is 6.07. The highest BCUT2D eigenvalue weighted by atomic mass is 32.2. The maximum Gasteiger partial charge on any atom is 0.231 e. The molecular weight excluding hydrogens is 232 g/mol. The molecule has 0 aromatic heterocycles. The summed E-state index contributed by atoms with van der Waals surface area (Å²) in [6.07, 6.45) is 3.43. The van der Waals surface area contributed by atoms with Crippen LogP contribution in [0.3, 0.4) is 0 Å². The number of amides is 1. The van der Waals surface area contributed by atoms with Crippen molar-refractivity contribution in [2.45, 2.75) is 24.2 Å². The monoisotopic (exact) mass is 250 g/mol. The van der Waals surface area contributed by atoms with Gasteiger partial charge in [-0.05, 0) is 48.8 Å². The smallest absolute Gasteiger partial charge is 0.231 e. The molecule has 17 heavy (non-hydrogen) atoms. The SMILES string of the molecule is NC(=O)CNCCc1ccc2c(c1)CCCS2. The van der Waals surface area contributed by atoms with Crippen LogP contribution in [0, 0.1) is 0 Å². The zero-order valence-corrected chi connectivity index (χ0v) is 10.7. The zero-order chi connectivity index (χ0) is 12.1. The lowest BCUT2D eigenvalue weighted by Crippen LogP contribution is -2.29. The minimum Gasteiger partial charge on any atom is -0.369 e. The molecule has 0 atom stereocenters. The van der Waals surface area contributed by atoms with E-state index in [2.05, 4.69) is 23.5 Å². The van der Waals surface area contributed by atoms with Crippen molar-refractivity contribution in [3.63, 3.8) is 0 Å². The fourth-order valence-electron chi connectivity index (χ4n) is 2.01. The van der Waals surface area contributed by atoms with E-state index in [1.165, 1.54) is 34.6 Å². The number of fused-ring (bicyclic) bond motifs is 1. The fraction of sp³-hybridized carbons (Fsp3) is 0.462. The highest BCUT2D eigenvalue weighted by Gasteiger charge is 2.09. The molecule has 0 bridgehead atoms. The van der Waals surface area contributed by atoms with Gasteiger partial charge in [0.25, 0.3) is 0 Å². The molecule has 4 heteroatoms. The molecule has 1 amide bonds. The topological polar surface area (TPSA) is 55.1 Å². The molecule has 3 nitrogen and oxygen atoms in total. The Morgan fingerprint density at radius 1 is 1.47 bits per heavy atom. The molecule has 3 N–H and O–H groups in total. The van der Waals surface area contributed by atoms with E-state index in [9.17, 15) is 4.79 Å². The van der Waals surface area contributed by atoms with Crippen molar-refractivity contribution < 1.29 is 4.79 Å². The Balaban J connectivity index is 1.86. The number of benzene rings is 1. The van der Waals surface area contributed by atoms with Gasteiger partial charge >= 0.3 is 0 Å². The number of carbonyl (C=O) groups excluding carboxylic acids is 1. The van der Waals surface area contributed by atoms with E-state index >= 15 is 0 Å². The van der Waals surface area contributed by atoms with Gasteiger partial charge in [0.1, 0.15) is 0 Å². The number of nitrogens with two attached hydrogens (primary N) is 1. The summed E-state index contributed by atoms with van der Waals surface area (Å²) in [7, 11) is 0. The van der Waals surface area contributed by atoms with E-state index < -0.39 is 0 Å². The average molecular weight is 250 g/mol. The normalized spacial score (nSPS) is 14.4. The van der Waals surface area contributed by atoms with Gasteiger partial charge in [-0.3, -0.25) is 4.79 Å². The van der Waals surface area contributed by atoms with E-state index in [1.807, 2.05) is 11.8 Å². The molecule has 92 valence electrons. The standard InChI is InChI=1S/C13H18N2OS/c14-13(16)9-15-6-5-10-3-4-12-11(8-10)2-1-7-17-12/h3-4,8,15H,1-2,5-7,9H2,(H2,14,16). The van der Waals surface area contributed by atoms with Crippen LogP contribution in [0.2, 0.25) is 0 Å². The van der Waals surface area contributed by atoms with Gasteiger partial charge < -0.3 is 11.1 Å². The van der Waals surface area contributed by atoms with Crippen LogP contribution in [-0.4, -0.2) is 24.7 Å². The van der Waals surface area contributed by atoms with Gasteiger partial charge in [-0.1, -0.05) is 12.1 Å². The summed E-state index contributed by atoms with van der Waals surface area (Å²) in [5.41, 5.74) is 7.88. The van der Waals surface area contributed by atoms with E-state index in [4.69, 9.17) is 5.73 Å². The van der Waals surface area contributed by atoms with Crippen LogP contribution in [0.1, 0.15) is 17.5 Å². The summed E-state index contributed by atoms with van der Waals surface area (Å²) in [6.45, 7) is 1.07. The highest BCUT2D eigenvalue weighted by molar-refractivity contribution is 7.99. The van der Waals surface area contributed by atoms with Crippen LogP contribution in [0.5, 0.6) is 0 Å². The number of rotatable bonds is 5. The van der Waals surface area contributed by atoms with Gasteiger partial charge in [-0.2, -0.15) is 0 Å². The van der Waals surface area contributed by atoms with Crippen molar-refractivity contribution in [2.75, 3.05) is 18.8 Å². The van der Waals surface area contributed by atoms with Crippen LogP contribution in [0.15, 0.2) is 23.1 Å². The summed E-state index contributed by atoms with van der Waals surface area (Å²) >= 11 is 1.95. The number of nitrogens with one attached hydrogen (secondary N) is 1. The Morgan fingerprint density at radius 3 is 3.18 bits per heavy atom. The number of hydrogen-bond donors (Lipinski definition) is 2. The molecule has 1 aliphatic rings. The Bertz CT molecular complexity index is 406. The lowest BCUT2D eigenvalue weighted by atomic mass is 10.0. The van der Waals surface area contributed by atoms with Crippen LogP contribution in [-0.2, 0) is 17.6 Å². The molecule has 1 aliphatic heterocycles. The number of primary amides is 1. The van der Waals surface area contributed by atoms with Crippen molar-refractivity contribution >= 4 is 17.7 Å². The Morgan fingerprint density at radius 2 is 2.35 bits per heavy atom. The third kappa shape index (κ3) is 3.75. The maximum absolute atomic E-state index is 10.6. The van der Waals surface area contributed by atoms with E-state index in [-0.39, 0.29) is 12.5 Å². The fourth-order valence-corrected chi connectivity index (χ4v) is 3.03. The van der Waals surface area contributed by atoms with Crippen LogP contribution >= 0.6 is 11.8 Å². The molecule has 2 rings (SSSR count). The van der Waals surface area contributed by atoms with Crippen molar-refractivity contribution in [2.24, 2.45) is 5.73 Å². The lowest BCUT2D eigenvalue weighted by molar-refractivity contribution is -0.117. The molecule has 0 aliphatic carbocycles. The summed E-state index contributed by atoms with van der Waals surface area (Å²) in [5, 5.41) is 3.03. The molecule has 0 fully saturated rings. The second-order valence-corrected chi connectivity index (χ2v) is 5.42. The predicted octanol–water partition coefficient (Wildman–Crippen LogP) is 1.34. The Labute approximate surface area is 106 Å². The van der Waals surface area contributed by atoms with Gasteiger partial charge in [0.15, 0.2) is 0 Å². The van der Waals surface area contributed by atoms with E-state index in [1.54, 1.807) is 0 Å². The third-order valence-electron chi connectivity index (χ3n) is 2.86. The minimum absolute atomic E-state index is 0.265. The van der Waals surface area contributed by atoms with Crippen molar-refractivity contribution in [3.05, 3.63) is 29.3 Å². The van der Waals surface area contributed by atoms with Gasteiger partial charge in [0.05, 0.1) is 6.54 Å². The van der Waals surface area contributed by atoms with Crippen LogP contribution < -0.4 is 11.1 Å². The minimum atomic E-state index is -0.299. The molecule has 1 aromatic carbocycles. The van der Waals surface area contributed by atoms with E-state index in [0.717, 1.165) is 13.0 Å². The molecule has 1 aromatic rings. The summed E-state index contributed by atoms with van der Waals surface area (Å²) < 4.78 is 0. The number of thioether (sulfide) groups is 1. The molecular formula is C13H18N2OS. The molecule has 0 saturated heterocycles. The van der Waals surface area contributed by atoms with Crippen molar-refractivity contribution in [3.8, 4) is 0 Å². The molecule has 0 unspecified atom stereocenters. The average Bonchev–Trinajstić information content (AvgIpc) is 2.34. The van der Waals surface area contributed by atoms with Gasteiger partial charge in [0.2, 0.25) is 5.91 Å². The first-order valence-electron chi connectivity index (χ1n) is 5.99. The summed E-state index contributed by atoms with van der Waals surface area (Å²) in [5.74, 6) is 0.943. The molecule has 0 saturated carbocycles. The third-order valence-corrected chi connectivity index (χ3v) is 4.06. The van der Waals surface area contributed by atoms with Crippen LogP contribution in [0.25, 0.3) is 0 Å². The Hall–Kier alpha value is -1.00. The van der Waals surface area contributed by atoms with Crippen LogP contribution in [0.4, 0.5) is 0 Å². The molecule has 0 radical (unpaired) electrons. The number of carbonyl (C=O) groups is 1. The first-order chi connectivity index (χ1) is 8.25. The van der Waals surface area contributed by atoms with Crippen molar-refractivity contribution in [1.82, 2.24) is 5.32 Å². The summed E-state index contributed by atoms with van der Waals surface area (Å²) in [6, 6.07) is 6.71. The van der Waals surface area contributed by atoms with Crippen molar-refractivity contribution in [1.29, 1.82) is 0 Å². The Kier molecular flexibility index (Phi) is 4.45. The number of hydrogen-bond acceptors (Lipinski definition) is 3. The molecule has 1 heterocycles. The van der Waals surface area contributed by atoms with Gasteiger partial charge in [-0.15, -0.1) is 11.8 Å². The maximum atomic E-state index is 10.6. The second-order valence-electron chi connectivity index (χ2n) is 4.29. The lowest BCUT2D eigenvalue weighted by Gasteiger charge is -2.16. The quantitative estimate of drug-likeness (QED) is 0.775. The first-order valence-corrected chi connectivity index (χ1v) is 6.98.